The molecule has 1 aromatic carbocycles. The Morgan fingerprint density at radius 1 is 1.24 bits per heavy atom. The first kappa shape index (κ1) is 14.4. The van der Waals surface area contributed by atoms with Crippen molar-refractivity contribution < 1.29 is 4.74 Å². The molecule has 108 valence electrons. The van der Waals surface area contributed by atoms with E-state index in [1.165, 1.54) is 4.88 Å². The van der Waals surface area contributed by atoms with E-state index in [1.807, 2.05) is 6.07 Å². The molecule has 21 heavy (non-hydrogen) atoms. The summed E-state index contributed by atoms with van der Waals surface area (Å²) >= 11 is 13.7. The molecule has 3 aromatic rings. The average molecular weight is 340 g/mol. The summed E-state index contributed by atoms with van der Waals surface area (Å²) in [6.07, 6.45) is 0.915. The third-order valence-electron chi connectivity index (χ3n) is 2.87. The summed E-state index contributed by atoms with van der Waals surface area (Å²) in [5.41, 5.74) is 5.74. The molecule has 0 bridgehead atoms. The Bertz CT molecular complexity index is 819. The van der Waals surface area contributed by atoms with Gasteiger partial charge in [-0.05, 0) is 24.6 Å². The zero-order valence-corrected chi connectivity index (χ0v) is 13.4. The largest absolute Gasteiger partial charge is 0.437 e. The number of ether oxygens (including phenoxy) is 1. The first-order chi connectivity index (χ1) is 10.1. The quantitative estimate of drug-likeness (QED) is 0.734. The summed E-state index contributed by atoms with van der Waals surface area (Å²) in [6, 6.07) is 7.01. The number of hydrogen-bond donors (Lipinski definition) is 1. The van der Waals surface area contributed by atoms with Crippen LogP contribution in [-0.4, -0.2) is 9.97 Å². The van der Waals surface area contributed by atoms with Crippen molar-refractivity contribution in [2.45, 2.75) is 13.3 Å². The Balaban J connectivity index is 2.11. The number of nitrogens with two attached hydrogens (primary N) is 1. The van der Waals surface area contributed by atoms with Crippen molar-refractivity contribution in [2.75, 3.05) is 5.73 Å². The molecule has 0 spiro atoms. The van der Waals surface area contributed by atoms with Crippen LogP contribution in [0.2, 0.25) is 10.0 Å². The van der Waals surface area contributed by atoms with Gasteiger partial charge in [-0.3, -0.25) is 0 Å². The number of fused-ring (bicyclic) bond motifs is 1. The maximum Gasteiger partial charge on any atom is 0.232 e. The van der Waals surface area contributed by atoms with Crippen LogP contribution >= 0.6 is 34.5 Å². The lowest BCUT2D eigenvalue weighted by Gasteiger charge is -2.08. The monoisotopic (exact) mass is 339 g/mol. The highest BCUT2D eigenvalue weighted by atomic mass is 35.5. The number of nitrogens with zero attached hydrogens (tertiary/aromatic N) is 2. The summed E-state index contributed by atoms with van der Waals surface area (Å²) in [7, 11) is 0. The van der Waals surface area contributed by atoms with Gasteiger partial charge in [-0.15, -0.1) is 11.3 Å². The Morgan fingerprint density at radius 3 is 2.81 bits per heavy atom. The molecule has 2 heterocycles. The SMILES string of the molecule is CCc1cc2c(Oc3cc(Cl)ccc3Cl)nc(N)nc2s1. The lowest BCUT2D eigenvalue weighted by Crippen LogP contribution is -1.97. The molecule has 0 unspecified atom stereocenters. The minimum Gasteiger partial charge on any atom is -0.437 e. The molecule has 0 aliphatic heterocycles. The predicted molar refractivity (Wildman–Crippen MR) is 87.7 cm³/mol. The number of thiophene rings is 1. The molecule has 4 nitrogen and oxygen atoms in total. The van der Waals surface area contributed by atoms with E-state index in [-0.39, 0.29) is 5.95 Å². The fourth-order valence-electron chi connectivity index (χ4n) is 1.87. The number of nitrogen functional groups attached to an aromatic ring is 1. The normalized spacial score (nSPS) is 11.0. The number of benzene rings is 1. The Kier molecular flexibility index (Phi) is 3.89. The van der Waals surface area contributed by atoms with Crippen molar-refractivity contribution in [1.29, 1.82) is 0 Å². The summed E-state index contributed by atoms with van der Waals surface area (Å²) in [6.45, 7) is 2.08. The molecular formula is C14H11Cl2N3OS. The van der Waals surface area contributed by atoms with Crippen molar-refractivity contribution in [3.05, 3.63) is 39.2 Å². The van der Waals surface area contributed by atoms with Crippen LogP contribution in [0.15, 0.2) is 24.3 Å². The third kappa shape index (κ3) is 2.90. The van der Waals surface area contributed by atoms with Crippen molar-refractivity contribution in [3.8, 4) is 11.6 Å². The van der Waals surface area contributed by atoms with E-state index in [0.717, 1.165) is 16.6 Å². The molecule has 0 fully saturated rings. The van der Waals surface area contributed by atoms with Crippen LogP contribution in [-0.2, 0) is 6.42 Å². The van der Waals surface area contributed by atoms with Gasteiger partial charge in [-0.25, -0.2) is 4.98 Å². The van der Waals surface area contributed by atoms with Gasteiger partial charge in [0.1, 0.15) is 10.6 Å². The lowest BCUT2D eigenvalue weighted by molar-refractivity contribution is 0.469. The highest BCUT2D eigenvalue weighted by Crippen LogP contribution is 2.36. The van der Waals surface area contributed by atoms with Crippen LogP contribution < -0.4 is 10.5 Å². The van der Waals surface area contributed by atoms with E-state index in [4.69, 9.17) is 33.7 Å². The van der Waals surface area contributed by atoms with Gasteiger partial charge in [-0.1, -0.05) is 30.1 Å². The van der Waals surface area contributed by atoms with Gasteiger partial charge in [0.15, 0.2) is 0 Å². The fourth-order valence-corrected chi connectivity index (χ4v) is 3.16. The first-order valence-corrected chi connectivity index (χ1v) is 7.83. The number of aryl methyl sites for hydroxylation is 1. The Morgan fingerprint density at radius 2 is 2.05 bits per heavy atom. The van der Waals surface area contributed by atoms with Crippen LogP contribution in [0.25, 0.3) is 10.2 Å². The van der Waals surface area contributed by atoms with Crippen molar-refractivity contribution in [3.63, 3.8) is 0 Å². The molecule has 0 amide bonds. The number of hydrogen-bond acceptors (Lipinski definition) is 5. The maximum absolute atomic E-state index is 6.11. The molecule has 2 aromatic heterocycles. The summed E-state index contributed by atoms with van der Waals surface area (Å²) in [5.74, 6) is 0.991. The van der Waals surface area contributed by atoms with Crippen LogP contribution in [0.5, 0.6) is 11.6 Å². The van der Waals surface area contributed by atoms with Crippen LogP contribution in [0.1, 0.15) is 11.8 Å². The molecule has 0 atom stereocenters. The maximum atomic E-state index is 6.11. The molecule has 0 aliphatic rings. The van der Waals surface area contributed by atoms with Gasteiger partial charge < -0.3 is 10.5 Å². The smallest absolute Gasteiger partial charge is 0.232 e. The molecule has 0 saturated heterocycles. The topological polar surface area (TPSA) is 61.0 Å². The van der Waals surface area contributed by atoms with E-state index in [0.29, 0.717) is 21.7 Å². The summed E-state index contributed by atoms with van der Waals surface area (Å²) < 4.78 is 5.80. The minimum atomic E-state index is 0.167. The van der Waals surface area contributed by atoms with Gasteiger partial charge in [0.2, 0.25) is 11.8 Å². The van der Waals surface area contributed by atoms with Gasteiger partial charge in [0.25, 0.3) is 0 Å². The summed E-state index contributed by atoms with van der Waals surface area (Å²) in [4.78, 5) is 10.4. The van der Waals surface area contributed by atoms with E-state index in [2.05, 4.69) is 16.9 Å². The lowest BCUT2D eigenvalue weighted by atomic mass is 10.3. The molecule has 0 saturated carbocycles. The fraction of sp³-hybridized carbons (Fsp3) is 0.143. The van der Waals surface area contributed by atoms with E-state index in [9.17, 15) is 0 Å². The highest BCUT2D eigenvalue weighted by Gasteiger charge is 2.14. The predicted octanol–water partition coefficient (Wildman–Crippen LogP) is 4.94. The highest BCUT2D eigenvalue weighted by molar-refractivity contribution is 7.18. The van der Waals surface area contributed by atoms with E-state index in [1.54, 1.807) is 29.5 Å². The first-order valence-electron chi connectivity index (χ1n) is 6.25. The molecule has 7 heteroatoms. The van der Waals surface area contributed by atoms with Crippen LogP contribution in [0.4, 0.5) is 5.95 Å². The molecule has 0 radical (unpaired) electrons. The molecule has 2 N–H and O–H groups in total. The molecule has 0 aliphatic carbocycles. The molecule has 3 rings (SSSR count). The van der Waals surface area contributed by atoms with E-state index < -0.39 is 0 Å². The number of aromatic nitrogens is 2. The Hall–Kier alpha value is -1.56. The van der Waals surface area contributed by atoms with Crippen LogP contribution in [0.3, 0.4) is 0 Å². The molecular weight excluding hydrogens is 329 g/mol. The Labute approximate surface area is 135 Å². The van der Waals surface area contributed by atoms with Gasteiger partial charge in [0, 0.05) is 16.0 Å². The van der Waals surface area contributed by atoms with Gasteiger partial charge >= 0.3 is 0 Å². The van der Waals surface area contributed by atoms with Crippen molar-refractivity contribution in [2.24, 2.45) is 0 Å². The second-order valence-corrected chi connectivity index (χ2v) is 6.31. The number of rotatable bonds is 3. The zero-order chi connectivity index (χ0) is 15.0. The second kappa shape index (κ2) is 5.67. The van der Waals surface area contributed by atoms with Gasteiger partial charge in [-0.2, -0.15) is 4.98 Å². The second-order valence-electron chi connectivity index (χ2n) is 4.35. The van der Waals surface area contributed by atoms with Crippen LogP contribution in [0, 0.1) is 0 Å². The summed E-state index contributed by atoms with van der Waals surface area (Å²) in [5, 5.41) is 1.81. The number of anilines is 1. The van der Waals surface area contributed by atoms with E-state index >= 15 is 0 Å². The zero-order valence-electron chi connectivity index (χ0n) is 11.1. The number of halogens is 2. The van der Waals surface area contributed by atoms with Crippen molar-refractivity contribution >= 4 is 50.7 Å². The standard InChI is InChI=1S/C14H11Cl2N3OS/c1-2-8-6-9-12(18-14(17)19-13(9)21-8)20-11-5-7(15)3-4-10(11)16/h3-6H,2H2,1H3,(H2,17,18,19). The average Bonchev–Trinajstić information content (AvgIpc) is 2.86. The third-order valence-corrected chi connectivity index (χ3v) is 4.60. The van der Waals surface area contributed by atoms with Gasteiger partial charge in [0.05, 0.1) is 10.4 Å². The minimum absolute atomic E-state index is 0.167. The van der Waals surface area contributed by atoms with Crippen molar-refractivity contribution in [1.82, 2.24) is 9.97 Å².